The first-order chi connectivity index (χ1) is 18.4. The lowest BCUT2D eigenvalue weighted by Crippen LogP contribution is -2.09. The van der Waals surface area contributed by atoms with E-state index in [1.54, 1.807) is 0 Å². The van der Waals surface area contributed by atoms with E-state index in [4.69, 9.17) is 14.0 Å². The molecule has 0 amide bonds. The van der Waals surface area contributed by atoms with Crippen LogP contribution in [0.25, 0.3) is 0 Å². The molecule has 2 unspecified atom stereocenters. The van der Waals surface area contributed by atoms with Crippen molar-refractivity contribution < 1.29 is 14.0 Å². The fourth-order valence-corrected chi connectivity index (χ4v) is 5.17. The molecule has 0 spiro atoms. The Bertz CT molecular complexity index is 759. The number of unbranched alkanes of at least 4 members (excludes halogenated alkanes) is 8. The molecule has 1 aromatic carbocycles. The Morgan fingerprint density at radius 1 is 0.711 bits per heavy atom. The third-order valence-corrected chi connectivity index (χ3v) is 7.52. The largest absolute Gasteiger partial charge is 0.490 e. The smallest absolute Gasteiger partial charge is 0.179 e. The number of benzene rings is 1. The molecule has 0 aliphatic rings. The standard InChI is InChI=1S/C33H58NO3P/c1-6-17-29(22-25-37-38)30-20-21-32(35-23-15-11-7-9-13-18-27(2)3)33(31(30)26-34)36-24-16-12-8-10-14-19-28(4)5/h20-21,27-29H,6-19,22-25,38H2,1-5H3. The summed E-state index contributed by atoms with van der Waals surface area (Å²) in [6.45, 7) is 13.3. The van der Waals surface area contributed by atoms with Crippen molar-refractivity contribution in [1.82, 2.24) is 0 Å². The lowest BCUT2D eigenvalue weighted by atomic mass is 9.88. The average Bonchev–Trinajstić information content (AvgIpc) is 2.89. The Balaban J connectivity index is 2.80. The van der Waals surface area contributed by atoms with Gasteiger partial charge in [0, 0.05) is 9.47 Å². The van der Waals surface area contributed by atoms with Crippen LogP contribution in [0, 0.1) is 23.2 Å². The van der Waals surface area contributed by atoms with E-state index in [-0.39, 0.29) is 5.92 Å². The van der Waals surface area contributed by atoms with E-state index in [0.717, 1.165) is 61.7 Å². The third-order valence-electron chi connectivity index (χ3n) is 7.28. The predicted octanol–water partition coefficient (Wildman–Crippen LogP) is 10.4. The van der Waals surface area contributed by atoms with E-state index in [9.17, 15) is 5.26 Å². The van der Waals surface area contributed by atoms with Crippen LogP contribution >= 0.6 is 9.47 Å². The quantitative estimate of drug-likeness (QED) is 0.0954. The molecule has 0 fully saturated rings. The van der Waals surface area contributed by atoms with Gasteiger partial charge in [0.25, 0.3) is 0 Å². The maximum Gasteiger partial charge on any atom is 0.179 e. The molecule has 0 aliphatic heterocycles. The van der Waals surface area contributed by atoms with Crippen molar-refractivity contribution in [2.24, 2.45) is 11.8 Å². The molecule has 0 saturated heterocycles. The van der Waals surface area contributed by atoms with Gasteiger partial charge in [-0.3, -0.25) is 0 Å². The van der Waals surface area contributed by atoms with Gasteiger partial charge in [-0.2, -0.15) is 5.26 Å². The normalized spacial score (nSPS) is 12.2. The van der Waals surface area contributed by atoms with Crippen molar-refractivity contribution in [3.63, 3.8) is 0 Å². The molecular weight excluding hydrogens is 489 g/mol. The number of ether oxygens (including phenoxy) is 2. The Labute approximate surface area is 237 Å². The highest BCUT2D eigenvalue weighted by molar-refractivity contribution is 7.09. The highest BCUT2D eigenvalue weighted by atomic mass is 31.0. The summed E-state index contributed by atoms with van der Waals surface area (Å²) in [7, 11) is 2.34. The van der Waals surface area contributed by atoms with Crippen LogP contribution in [-0.2, 0) is 4.52 Å². The van der Waals surface area contributed by atoms with Gasteiger partial charge in [-0.05, 0) is 55.1 Å². The van der Waals surface area contributed by atoms with Gasteiger partial charge in [-0.15, -0.1) is 0 Å². The molecule has 1 aromatic rings. The zero-order chi connectivity index (χ0) is 28.0. The van der Waals surface area contributed by atoms with E-state index >= 15 is 0 Å². The summed E-state index contributed by atoms with van der Waals surface area (Å²) in [6, 6.07) is 6.60. The van der Waals surface area contributed by atoms with Crippen LogP contribution in [-0.4, -0.2) is 19.8 Å². The summed E-state index contributed by atoms with van der Waals surface area (Å²) in [5.74, 6) is 3.23. The first-order valence-electron chi connectivity index (χ1n) is 15.6. The van der Waals surface area contributed by atoms with Crippen LogP contribution in [0.3, 0.4) is 0 Å². The Morgan fingerprint density at radius 3 is 1.79 bits per heavy atom. The van der Waals surface area contributed by atoms with Crippen LogP contribution in [0.2, 0.25) is 0 Å². The van der Waals surface area contributed by atoms with Gasteiger partial charge < -0.3 is 14.0 Å². The van der Waals surface area contributed by atoms with Crippen molar-refractivity contribution in [3.8, 4) is 17.6 Å². The van der Waals surface area contributed by atoms with Crippen LogP contribution in [0.4, 0.5) is 0 Å². The minimum atomic E-state index is 0.276. The van der Waals surface area contributed by atoms with Gasteiger partial charge in [-0.25, -0.2) is 0 Å². The third kappa shape index (κ3) is 15.3. The van der Waals surface area contributed by atoms with Gasteiger partial charge in [0.2, 0.25) is 0 Å². The van der Waals surface area contributed by atoms with E-state index in [1.165, 1.54) is 57.8 Å². The van der Waals surface area contributed by atoms with Crippen molar-refractivity contribution in [2.75, 3.05) is 19.8 Å². The summed E-state index contributed by atoms with van der Waals surface area (Å²) in [5.41, 5.74) is 1.72. The molecule has 0 aromatic heterocycles. The van der Waals surface area contributed by atoms with Crippen LogP contribution in [0.15, 0.2) is 12.1 Å². The zero-order valence-electron chi connectivity index (χ0n) is 25.4. The lowest BCUT2D eigenvalue weighted by molar-refractivity contribution is 0.257. The van der Waals surface area contributed by atoms with Gasteiger partial charge in [-0.1, -0.05) is 111 Å². The van der Waals surface area contributed by atoms with Crippen molar-refractivity contribution in [3.05, 3.63) is 23.3 Å². The predicted molar refractivity (Wildman–Crippen MR) is 165 cm³/mol. The van der Waals surface area contributed by atoms with Gasteiger partial charge in [0.05, 0.1) is 19.8 Å². The monoisotopic (exact) mass is 547 g/mol. The van der Waals surface area contributed by atoms with Crippen LogP contribution < -0.4 is 9.47 Å². The number of hydrogen-bond donors (Lipinski definition) is 0. The molecule has 0 heterocycles. The molecule has 4 nitrogen and oxygen atoms in total. The maximum absolute atomic E-state index is 10.2. The van der Waals surface area contributed by atoms with Crippen LogP contribution in [0.1, 0.15) is 148 Å². The van der Waals surface area contributed by atoms with Gasteiger partial charge in [0.1, 0.15) is 11.6 Å². The van der Waals surface area contributed by atoms with Crippen molar-refractivity contribution in [2.45, 2.75) is 137 Å². The van der Waals surface area contributed by atoms with E-state index in [0.29, 0.717) is 31.1 Å². The maximum atomic E-state index is 10.2. The Kier molecular flexibility index (Phi) is 20.6. The van der Waals surface area contributed by atoms with E-state index < -0.39 is 0 Å². The summed E-state index contributed by atoms with van der Waals surface area (Å²) < 4.78 is 17.8. The molecule has 0 bridgehead atoms. The molecular formula is C33H58NO3P. The average molecular weight is 548 g/mol. The highest BCUT2D eigenvalue weighted by Gasteiger charge is 2.22. The van der Waals surface area contributed by atoms with Crippen LogP contribution in [0.5, 0.6) is 11.5 Å². The minimum Gasteiger partial charge on any atom is -0.490 e. The summed E-state index contributed by atoms with van der Waals surface area (Å²) >= 11 is 0. The van der Waals surface area contributed by atoms with Crippen molar-refractivity contribution in [1.29, 1.82) is 5.26 Å². The first kappa shape index (κ1) is 34.7. The number of rotatable bonds is 24. The van der Waals surface area contributed by atoms with E-state index in [2.05, 4.69) is 56.2 Å². The number of nitrogens with zero attached hydrogens (tertiary/aromatic N) is 1. The summed E-state index contributed by atoms with van der Waals surface area (Å²) in [6.07, 6.45) is 17.7. The summed E-state index contributed by atoms with van der Waals surface area (Å²) in [5, 5.41) is 10.2. The molecule has 0 saturated carbocycles. The molecule has 38 heavy (non-hydrogen) atoms. The fraction of sp³-hybridized carbons (Fsp3) is 0.788. The molecule has 0 radical (unpaired) electrons. The Morgan fingerprint density at radius 2 is 1.26 bits per heavy atom. The Hall–Kier alpha value is -1.30. The van der Waals surface area contributed by atoms with E-state index in [1.807, 2.05) is 6.07 Å². The molecule has 5 heteroatoms. The SMILES string of the molecule is CCCC(CCOP)c1ccc(OCCCCCCCC(C)C)c(OCCCCCCCC(C)C)c1C#N. The molecule has 0 N–H and O–H groups in total. The second-order valence-corrected chi connectivity index (χ2v) is 12.0. The number of nitriles is 1. The zero-order valence-corrected chi connectivity index (χ0v) is 26.5. The molecule has 0 aliphatic carbocycles. The van der Waals surface area contributed by atoms with Gasteiger partial charge >= 0.3 is 0 Å². The number of hydrogen-bond acceptors (Lipinski definition) is 4. The van der Waals surface area contributed by atoms with Gasteiger partial charge in [0.15, 0.2) is 11.5 Å². The highest BCUT2D eigenvalue weighted by Crippen LogP contribution is 2.39. The van der Waals surface area contributed by atoms with Crippen molar-refractivity contribution >= 4 is 9.47 Å². The second kappa shape index (κ2) is 22.5. The second-order valence-electron chi connectivity index (χ2n) is 11.7. The first-order valence-corrected chi connectivity index (χ1v) is 16.1. The molecule has 218 valence electrons. The minimum absolute atomic E-state index is 0.276. The fourth-order valence-electron chi connectivity index (χ4n) is 5.03. The topological polar surface area (TPSA) is 51.5 Å². The summed E-state index contributed by atoms with van der Waals surface area (Å²) in [4.78, 5) is 0. The lowest BCUT2D eigenvalue weighted by Gasteiger charge is -2.21. The molecule has 2 atom stereocenters. The molecule has 1 rings (SSSR count).